The van der Waals surface area contributed by atoms with Gasteiger partial charge in [-0.25, -0.2) is 0 Å². The molecule has 0 aromatic heterocycles. The summed E-state index contributed by atoms with van der Waals surface area (Å²) in [6, 6.07) is 10.3. The molecule has 2 rings (SSSR count). The number of benzene rings is 2. The Morgan fingerprint density at radius 2 is 1.84 bits per heavy atom. The van der Waals surface area contributed by atoms with Crippen LogP contribution in [0.4, 0.5) is 0 Å². The van der Waals surface area contributed by atoms with Crippen LogP contribution in [0.3, 0.4) is 0 Å². The molecule has 0 atom stereocenters. The summed E-state index contributed by atoms with van der Waals surface area (Å²) < 4.78 is 36.9. The van der Waals surface area contributed by atoms with Crippen molar-refractivity contribution in [3.8, 4) is 17.2 Å². The average Bonchev–Trinajstić information content (AvgIpc) is 2.54. The summed E-state index contributed by atoms with van der Waals surface area (Å²) in [6.45, 7) is 2.15. The van der Waals surface area contributed by atoms with Crippen LogP contribution in [0.5, 0.6) is 17.2 Å². The third-order valence-corrected chi connectivity index (χ3v) is 4.51. The molecule has 0 aliphatic carbocycles. The van der Waals surface area contributed by atoms with Crippen LogP contribution in [0.1, 0.15) is 38.2 Å². The van der Waals surface area contributed by atoms with Gasteiger partial charge in [0, 0.05) is 6.07 Å². The van der Waals surface area contributed by atoms with E-state index in [1.165, 1.54) is 36.8 Å². The molecule has 0 radical (unpaired) electrons. The first-order valence-electron chi connectivity index (χ1n) is 7.95. The molecule has 0 unspecified atom stereocenters. The van der Waals surface area contributed by atoms with E-state index in [-0.39, 0.29) is 73.5 Å². The third kappa shape index (κ3) is 7.38. The molecular formula is C18H21KO5S. The number of aryl methyl sites for hydroxylation is 1. The molecule has 0 aliphatic rings. The first-order chi connectivity index (χ1) is 11.4. The molecule has 2 aromatic carbocycles. The van der Waals surface area contributed by atoms with Gasteiger partial charge in [-0.1, -0.05) is 50.1 Å². The molecule has 7 heteroatoms. The Labute approximate surface area is 191 Å². The fourth-order valence-corrected chi connectivity index (χ4v) is 2.88. The zero-order valence-corrected chi connectivity index (χ0v) is 18.5. The second-order valence-electron chi connectivity index (χ2n) is 5.64. The predicted octanol–water partition coefficient (Wildman–Crippen LogP) is 0.926. The first-order valence-corrected chi connectivity index (χ1v) is 9.39. The molecule has 0 heterocycles. The molecule has 0 bridgehead atoms. The molecule has 0 saturated carbocycles. The topological polar surface area (TPSA) is 86.7 Å². The van der Waals surface area contributed by atoms with Crippen LogP contribution in [0, 0.1) is 0 Å². The molecule has 0 spiro atoms. The second-order valence-corrected chi connectivity index (χ2v) is 7.07. The molecule has 0 fully saturated rings. The third-order valence-electron chi connectivity index (χ3n) is 3.66. The first kappa shape index (κ1) is 22.6. The summed E-state index contributed by atoms with van der Waals surface area (Å²) in [5, 5.41) is 11.9. The molecule has 0 aliphatic heterocycles. The van der Waals surface area contributed by atoms with Gasteiger partial charge >= 0.3 is 51.4 Å². The van der Waals surface area contributed by atoms with Gasteiger partial charge in [-0.3, -0.25) is 4.55 Å². The molecule has 5 nitrogen and oxygen atoms in total. The van der Waals surface area contributed by atoms with Crippen molar-refractivity contribution in [1.82, 2.24) is 0 Å². The SMILES string of the molecule is CCCCCCc1ccc([O-])c(Oc2cccc(S(=O)(=O)O)c2)c1.[K+]. The summed E-state index contributed by atoms with van der Waals surface area (Å²) >= 11 is 0. The Morgan fingerprint density at radius 1 is 1.08 bits per heavy atom. The Kier molecular flexibility index (Phi) is 9.65. The van der Waals surface area contributed by atoms with Gasteiger partial charge in [-0.15, -0.1) is 0 Å². The smallest absolute Gasteiger partial charge is 0.870 e. The summed E-state index contributed by atoms with van der Waals surface area (Å²) in [7, 11) is -4.31. The number of hydrogen-bond donors (Lipinski definition) is 1. The van der Waals surface area contributed by atoms with Crippen molar-refractivity contribution >= 4 is 10.1 Å². The van der Waals surface area contributed by atoms with Crippen molar-refractivity contribution in [2.75, 3.05) is 0 Å². The fourth-order valence-electron chi connectivity index (χ4n) is 2.37. The number of hydrogen-bond acceptors (Lipinski definition) is 4. The zero-order chi connectivity index (χ0) is 17.6. The van der Waals surface area contributed by atoms with E-state index < -0.39 is 10.1 Å². The van der Waals surface area contributed by atoms with Gasteiger partial charge in [-0.05, 0) is 36.6 Å². The number of unbranched alkanes of at least 4 members (excludes halogenated alkanes) is 3. The molecular weight excluding hydrogens is 367 g/mol. The minimum Gasteiger partial charge on any atom is -0.870 e. The van der Waals surface area contributed by atoms with Crippen LogP contribution in [0.15, 0.2) is 47.4 Å². The second kappa shape index (κ2) is 10.7. The van der Waals surface area contributed by atoms with Crippen LogP contribution in [-0.2, 0) is 16.5 Å². The van der Waals surface area contributed by atoms with E-state index in [0.717, 1.165) is 31.2 Å². The van der Waals surface area contributed by atoms with E-state index in [1.54, 1.807) is 12.1 Å². The maximum atomic E-state index is 11.9. The van der Waals surface area contributed by atoms with Crippen molar-refractivity contribution in [1.29, 1.82) is 0 Å². The quantitative estimate of drug-likeness (QED) is 0.413. The van der Waals surface area contributed by atoms with Crippen LogP contribution >= 0.6 is 0 Å². The standard InChI is InChI=1S/C18H22O5S.K/c1-2-3-4-5-7-14-10-11-17(19)18(12-14)23-15-8-6-9-16(13-15)24(20,21)22;/h6,8-13,19H,2-5,7H2,1H3,(H,20,21,22);/q;+1/p-1. The Morgan fingerprint density at radius 3 is 2.52 bits per heavy atom. The van der Waals surface area contributed by atoms with Gasteiger partial charge in [0.15, 0.2) is 0 Å². The van der Waals surface area contributed by atoms with Gasteiger partial charge in [-0.2, -0.15) is 8.42 Å². The summed E-state index contributed by atoms with van der Waals surface area (Å²) in [6.07, 6.45) is 5.40. The van der Waals surface area contributed by atoms with Crippen LogP contribution in [0.25, 0.3) is 0 Å². The van der Waals surface area contributed by atoms with Crippen molar-refractivity contribution in [3.63, 3.8) is 0 Å². The molecule has 25 heavy (non-hydrogen) atoms. The van der Waals surface area contributed by atoms with E-state index >= 15 is 0 Å². The van der Waals surface area contributed by atoms with Crippen molar-refractivity contribution in [2.24, 2.45) is 0 Å². The van der Waals surface area contributed by atoms with E-state index in [4.69, 9.17) is 9.29 Å². The predicted molar refractivity (Wildman–Crippen MR) is 90.1 cm³/mol. The molecule has 130 valence electrons. The van der Waals surface area contributed by atoms with E-state index in [1.807, 2.05) is 0 Å². The van der Waals surface area contributed by atoms with Crippen LogP contribution in [0.2, 0.25) is 0 Å². The van der Waals surface area contributed by atoms with Crippen LogP contribution in [-0.4, -0.2) is 13.0 Å². The van der Waals surface area contributed by atoms with Crippen molar-refractivity contribution < 1.29 is 74.2 Å². The normalized spacial score (nSPS) is 11.0. The Balaban J connectivity index is 0.00000312. The Hall–Kier alpha value is -0.414. The summed E-state index contributed by atoms with van der Waals surface area (Å²) in [5.41, 5.74) is 1.01. The molecule has 0 saturated heterocycles. The Bertz CT molecular complexity index is 790. The van der Waals surface area contributed by atoms with Gasteiger partial charge in [0.2, 0.25) is 0 Å². The fraction of sp³-hybridized carbons (Fsp3) is 0.333. The van der Waals surface area contributed by atoms with Crippen molar-refractivity contribution in [2.45, 2.75) is 43.9 Å². The van der Waals surface area contributed by atoms with E-state index in [2.05, 4.69) is 6.92 Å². The van der Waals surface area contributed by atoms with Gasteiger partial charge in [0.1, 0.15) is 11.5 Å². The van der Waals surface area contributed by atoms with Crippen LogP contribution < -0.4 is 61.2 Å². The largest absolute Gasteiger partial charge is 1.00 e. The number of rotatable bonds is 8. The van der Waals surface area contributed by atoms with Gasteiger partial charge < -0.3 is 9.84 Å². The zero-order valence-electron chi connectivity index (χ0n) is 14.6. The average molecular weight is 389 g/mol. The number of ether oxygens (including phenoxy) is 1. The maximum Gasteiger partial charge on any atom is 1.00 e. The van der Waals surface area contributed by atoms with Gasteiger partial charge in [0.25, 0.3) is 10.1 Å². The maximum absolute atomic E-state index is 11.9. The molecule has 0 amide bonds. The molecule has 2 aromatic rings. The minimum atomic E-state index is -4.31. The molecule has 1 N–H and O–H groups in total. The monoisotopic (exact) mass is 388 g/mol. The van der Waals surface area contributed by atoms with E-state index in [9.17, 15) is 13.5 Å². The van der Waals surface area contributed by atoms with Crippen molar-refractivity contribution in [3.05, 3.63) is 48.0 Å². The van der Waals surface area contributed by atoms with E-state index in [0.29, 0.717) is 0 Å². The summed E-state index contributed by atoms with van der Waals surface area (Å²) in [5.74, 6) is 0.0606. The minimum absolute atomic E-state index is 0. The summed E-state index contributed by atoms with van der Waals surface area (Å²) in [4.78, 5) is -0.275. The van der Waals surface area contributed by atoms with Gasteiger partial charge in [0.05, 0.1) is 4.90 Å².